The average molecular weight is 1810 g/mol. The molecule has 0 saturated carbocycles. The normalized spacial score (nSPS) is 15.2. The Hall–Kier alpha value is -11.3. The lowest BCUT2D eigenvalue weighted by atomic mass is 9.92. The van der Waals surface area contributed by atoms with Crippen molar-refractivity contribution in [1.82, 2.24) is 73.5 Å². The van der Waals surface area contributed by atoms with Gasteiger partial charge in [0, 0.05) is 93.0 Å². The monoisotopic (exact) mass is 1800 g/mol. The largest absolute Gasteiger partial charge is 0.508 e. The number of nitrogens with one attached hydrogen (secondary N) is 11. The van der Waals surface area contributed by atoms with E-state index in [1.165, 1.54) is 50.9 Å². The number of hydrogen-bond acceptors (Lipinski definition) is 25. The topological polar surface area (TPSA) is 554 Å². The first kappa shape index (κ1) is 104. The number of nitrogens with zero attached hydrogens (tertiary/aromatic N) is 3. The van der Waals surface area contributed by atoms with E-state index >= 15 is 4.79 Å². The number of hydrogen-bond donors (Lipinski definition) is 16. The van der Waals surface area contributed by atoms with Crippen LogP contribution in [-0.2, 0) is 97.6 Å². The van der Waals surface area contributed by atoms with Gasteiger partial charge in [0.05, 0.1) is 12.5 Å². The van der Waals surface area contributed by atoms with Crippen LogP contribution in [-0.4, -0.2) is 235 Å². The fourth-order valence-electron chi connectivity index (χ4n) is 13.2. The molecule has 41 heteroatoms. The number of benzene rings is 3. The van der Waals surface area contributed by atoms with Crippen LogP contribution in [0.1, 0.15) is 196 Å². The maximum Gasteiger partial charge on any atom is 0.426 e. The summed E-state index contributed by atoms with van der Waals surface area (Å²) in [7, 11) is 4.53. The molecule has 1 aliphatic rings. The lowest BCUT2D eigenvalue weighted by molar-refractivity contribution is -0.160. The summed E-state index contributed by atoms with van der Waals surface area (Å²) >= 11 is 1.04. The van der Waals surface area contributed by atoms with Crippen molar-refractivity contribution in [3.8, 4) is 5.75 Å². The van der Waals surface area contributed by atoms with Crippen molar-refractivity contribution in [3.05, 3.63) is 117 Å². The highest BCUT2D eigenvalue weighted by Gasteiger charge is 2.41. The highest BCUT2D eigenvalue weighted by molar-refractivity contribution is 8.76. The fraction of sp³-hybridized carbons (Fsp3) is 0.560. The Morgan fingerprint density at radius 1 is 0.632 bits per heavy atom. The zero-order chi connectivity index (χ0) is 92.2. The number of carboxylic acid groups (broad SMARTS) is 4. The zero-order valence-electron chi connectivity index (χ0n) is 71.8. The first-order valence-corrected chi connectivity index (χ1v) is 45.0. The minimum absolute atomic E-state index is 0.000662. The van der Waals surface area contributed by atoms with Crippen LogP contribution in [0.2, 0.25) is 0 Å². The van der Waals surface area contributed by atoms with Crippen LogP contribution in [0, 0.1) is 17.8 Å². The number of carbonyl (C=O) groups excluding carboxylic acids is 12. The molecule has 1 saturated heterocycles. The minimum Gasteiger partial charge on any atom is -0.508 e. The number of urea groups is 2. The summed E-state index contributed by atoms with van der Waals surface area (Å²) in [5.74, 6) is -11.6. The lowest BCUT2D eigenvalue weighted by Gasteiger charge is -2.39. The van der Waals surface area contributed by atoms with E-state index in [2.05, 4.69) is 63.7 Å². The van der Waals surface area contributed by atoms with Gasteiger partial charge in [0.1, 0.15) is 53.3 Å². The number of likely N-dealkylation sites (N-methyl/N-ethyl adjacent to an activating group) is 1. The van der Waals surface area contributed by atoms with Crippen LogP contribution in [0.3, 0.4) is 0 Å². The van der Waals surface area contributed by atoms with Crippen LogP contribution in [0.15, 0.2) is 84.2 Å². The maximum atomic E-state index is 15.0. The van der Waals surface area contributed by atoms with Gasteiger partial charge in [0.2, 0.25) is 35.4 Å². The number of esters is 2. The van der Waals surface area contributed by atoms with Gasteiger partial charge in [0.15, 0.2) is 12.8 Å². The molecule has 4 aromatic rings. The van der Waals surface area contributed by atoms with Crippen LogP contribution in [0.4, 0.5) is 14.4 Å². The standard InChI is InChI=1S/C84H120N14O24S3/c1-10-19-71(106)121-48-98(79(112)72(50(5)11-2)94-77(111)65-23-16-18-37-97(65)9)66(49(3)4)44-67(122-53(8)99)78-91-64(47-123-78)76(110)88-58(41-55-28-30-59(100)31-29-55)40-51(6)73(107)95-96-84(119)120-38-39-124-125-46-52(7)87-75(109)63(42-54-20-13-12-14-21-54)90-74(108)60(32-34-69(102)103)89-68(101)43-56-24-26-57(27-25-56)45-86-82(117)85-36-17-15-22-61(80(113)114)92-83(118)93-62(81(115)116)33-35-70(104)105/h12-14,20-21,24-31,47,49-52,58,60-63,65-67,72,100H,10-11,15-19,22-23,32-46,48H2,1-9H3,(H,87,109)(H,88,110)(H,89,101)(H,90,108)(H,94,111)(H,95,107)(H,96,119)(H,102,103)(H,104,105)(H,113,114)(H,115,116)(H2,85,86,117)(H2,92,93,118)/t50?,51-,52+,58+,60-,61-,62-,63-,65+,66+,67+,72-/m0/s1. The van der Waals surface area contributed by atoms with Gasteiger partial charge in [-0.1, -0.05) is 143 Å². The minimum atomic E-state index is -1.56. The molecule has 125 heavy (non-hydrogen) atoms. The second kappa shape index (κ2) is 55.1. The highest BCUT2D eigenvalue weighted by atomic mass is 33.1. The SMILES string of the molecule is CCCC(=O)OCN(C(=O)[C@@H](NC(=O)[C@H]1CCCCN1C)C(C)CC)[C@H](C[C@@H](OC(C)=O)c1nc(C(=O)N[C@@H](Cc2ccc(O)cc2)C[C@H](C)C(=O)NNC(=O)OCCSSC[C@@H](C)NC(=O)[C@H](Cc2ccccc2)NC(=O)[C@H](CCC(=O)O)NC(=O)Cc2ccc(CNC(=O)NCCCC[C@H](NC(=O)N[C@@H](CCC(=O)O)C(=O)O)C(=O)O)cc2)cs1)C(C)C. The predicted octanol–water partition coefficient (Wildman–Crippen LogP) is 6.38. The van der Waals surface area contributed by atoms with E-state index in [0.29, 0.717) is 53.7 Å². The first-order valence-electron chi connectivity index (χ1n) is 41.6. The number of aliphatic carboxylic acids is 4. The molecule has 1 unspecified atom stereocenters. The van der Waals surface area contributed by atoms with E-state index < -0.39 is 182 Å². The Morgan fingerprint density at radius 2 is 1.26 bits per heavy atom. The Labute approximate surface area is 738 Å². The van der Waals surface area contributed by atoms with E-state index in [4.69, 9.17) is 19.3 Å². The van der Waals surface area contributed by atoms with Crippen molar-refractivity contribution in [2.45, 2.75) is 238 Å². The van der Waals surface area contributed by atoms with E-state index in [0.717, 1.165) is 30.7 Å². The number of rotatable bonds is 54. The summed E-state index contributed by atoms with van der Waals surface area (Å²) in [5, 5.41) is 72.8. The third-order valence-electron chi connectivity index (χ3n) is 20.3. The molecule has 0 radical (unpaired) electrons. The van der Waals surface area contributed by atoms with Gasteiger partial charge in [-0.05, 0) is 131 Å². The van der Waals surface area contributed by atoms with Crippen molar-refractivity contribution in [2.24, 2.45) is 17.8 Å². The number of likely N-dealkylation sites (tertiary alicyclic amines) is 1. The molecule has 5 rings (SSSR count). The Balaban J connectivity index is 1.10. The fourth-order valence-corrected chi connectivity index (χ4v) is 16.2. The first-order chi connectivity index (χ1) is 59.4. The number of carbonyl (C=O) groups is 16. The Bertz CT molecular complexity index is 4230. The number of phenols is 1. The number of ether oxygens (including phenoxy) is 3. The summed E-state index contributed by atoms with van der Waals surface area (Å²) < 4.78 is 16.9. The number of piperidine rings is 1. The number of aromatic nitrogens is 1. The smallest absolute Gasteiger partial charge is 0.426 e. The van der Waals surface area contributed by atoms with E-state index in [9.17, 15) is 92.3 Å². The van der Waals surface area contributed by atoms with Gasteiger partial charge in [-0.15, -0.1) is 11.3 Å². The molecule has 1 aliphatic heterocycles. The molecule has 0 spiro atoms. The van der Waals surface area contributed by atoms with E-state index in [1.54, 1.807) is 80.6 Å². The highest BCUT2D eigenvalue weighted by Crippen LogP contribution is 2.33. The van der Waals surface area contributed by atoms with Gasteiger partial charge in [-0.3, -0.25) is 63.1 Å². The molecule has 12 atom stereocenters. The second-order valence-electron chi connectivity index (χ2n) is 31.0. The van der Waals surface area contributed by atoms with Gasteiger partial charge in [-0.2, -0.15) is 0 Å². The maximum absolute atomic E-state index is 15.0. The molecule has 2 heterocycles. The molecule has 38 nitrogen and oxygen atoms in total. The number of unbranched alkanes of at least 4 members (excludes halogenated alkanes) is 1. The average Bonchev–Trinajstić information content (AvgIpc) is 1.78. The van der Waals surface area contributed by atoms with Crippen molar-refractivity contribution in [3.63, 3.8) is 0 Å². The summed E-state index contributed by atoms with van der Waals surface area (Å²) in [6.45, 7) is 14.2. The van der Waals surface area contributed by atoms with E-state index in [1.807, 2.05) is 46.6 Å². The molecular formula is C84H120N14O24S3. The number of aromatic hydroxyl groups is 1. The number of phenolic OH excluding ortho intramolecular Hbond substituents is 1. The quantitative estimate of drug-likeness (QED) is 0.00569. The second-order valence-corrected chi connectivity index (χ2v) is 34.5. The summed E-state index contributed by atoms with van der Waals surface area (Å²) in [5.41, 5.74) is 7.05. The molecule has 1 fully saturated rings. The van der Waals surface area contributed by atoms with Crippen LogP contribution in [0.25, 0.3) is 0 Å². The molecule has 1 aromatic heterocycles. The molecular weight excluding hydrogens is 1690 g/mol. The number of hydrazine groups is 1. The summed E-state index contributed by atoms with van der Waals surface area (Å²) in [4.78, 5) is 216. The summed E-state index contributed by atoms with van der Waals surface area (Å²) in [6, 6.07) is 10.9. The summed E-state index contributed by atoms with van der Waals surface area (Å²) in [6.07, 6.45) is -0.000810. The van der Waals surface area contributed by atoms with Crippen LogP contribution >= 0.6 is 32.9 Å². The predicted molar refractivity (Wildman–Crippen MR) is 463 cm³/mol. The van der Waals surface area contributed by atoms with Gasteiger partial charge in [-0.25, -0.2) is 34.4 Å². The Kier molecular flexibility index (Phi) is 45.9. The number of amides is 12. The zero-order valence-corrected chi connectivity index (χ0v) is 74.3. The van der Waals surface area contributed by atoms with Crippen LogP contribution < -0.4 is 58.7 Å². The van der Waals surface area contributed by atoms with Gasteiger partial charge < -0.3 is 92.5 Å². The van der Waals surface area contributed by atoms with Gasteiger partial charge in [0.25, 0.3) is 5.91 Å². The molecule has 12 amide bonds. The van der Waals surface area contributed by atoms with Crippen molar-refractivity contribution >= 4 is 128 Å². The van der Waals surface area contributed by atoms with Gasteiger partial charge >= 0.3 is 54.0 Å². The number of thiazole rings is 1. The van der Waals surface area contributed by atoms with E-state index in [-0.39, 0.29) is 117 Å². The lowest BCUT2D eigenvalue weighted by Crippen LogP contribution is -2.59. The molecule has 0 bridgehead atoms. The molecule has 0 aliphatic carbocycles. The molecule has 16 N–H and O–H groups in total. The van der Waals surface area contributed by atoms with Crippen molar-refractivity contribution in [1.29, 1.82) is 0 Å². The third kappa shape index (κ3) is 39.2. The molecule has 688 valence electrons. The van der Waals surface area contributed by atoms with Crippen LogP contribution in [0.5, 0.6) is 5.75 Å². The van der Waals surface area contributed by atoms with Crippen molar-refractivity contribution in [2.75, 3.05) is 45.0 Å². The number of carboxylic acids is 4. The third-order valence-corrected chi connectivity index (χ3v) is 23.8. The molecule has 3 aromatic carbocycles. The Morgan fingerprint density at radius 3 is 1.89 bits per heavy atom. The van der Waals surface area contributed by atoms with Crippen molar-refractivity contribution < 1.29 is 116 Å².